The molecule has 0 saturated heterocycles. The average molecular weight is 338 g/mol. The molecular formula is C19H18N2O4. The van der Waals surface area contributed by atoms with Gasteiger partial charge in [-0.2, -0.15) is 0 Å². The molecule has 3 aromatic rings. The molecular weight excluding hydrogens is 320 g/mol. The predicted molar refractivity (Wildman–Crippen MR) is 92.1 cm³/mol. The summed E-state index contributed by atoms with van der Waals surface area (Å²) in [5.41, 5.74) is 2.23. The first-order valence-electron chi connectivity index (χ1n) is 7.83. The molecule has 0 aliphatic carbocycles. The molecule has 1 aromatic carbocycles. The van der Waals surface area contributed by atoms with Crippen molar-refractivity contribution >= 4 is 17.4 Å². The number of ether oxygens (including phenoxy) is 2. The van der Waals surface area contributed by atoms with Crippen molar-refractivity contribution in [2.45, 2.75) is 20.0 Å². The van der Waals surface area contributed by atoms with Gasteiger partial charge in [-0.05, 0) is 50.2 Å². The van der Waals surface area contributed by atoms with Crippen molar-refractivity contribution in [3.05, 3.63) is 65.6 Å². The van der Waals surface area contributed by atoms with Gasteiger partial charge in [0.15, 0.2) is 11.8 Å². The second-order valence-electron chi connectivity index (χ2n) is 5.66. The van der Waals surface area contributed by atoms with E-state index >= 15 is 0 Å². The number of pyridine rings is 1. The fraction of sp³-hybridized carbons (Fsp3) is 0.211. The first kappa shape index (κ1) is 16.7. The van der Waals surface area contributed by atoms with Gasteiger partial charge in [-0.25, -0.2) is 9.78 Å². The van der Waals surface area contributed by atoms with Crippen LogP contribution < -0.4 is 4.74 Å². The summed E-state index contributed by atoms with van der Waals surface area (Å²) in [4.78, 5) is 28.9. The van der Waals surface area contributed by atoms with Crippen LogP contribution in [0.4, 0.5) is 0 Å². The Bertz CT molecular complexity index is 928. The van der Waals surface area contributed by atoms with Crippen LogP contribution in [0.2, 0.25) is 0 Å². The van der Waals surface area contributed by atoms with Crippen LogP contribution in [-0.4, -0.2) is 34.4 Å². The van der Waals surface area contributed by atoms with E-state index in [1.807, 2.05) is 19.1 Å². The van der Waals surface area contributed by atoms with E-state index < -0.39 is 12.1 Å². The molecule has 0 radical (unpaired) electrons. The van der Waals surface area contributed by atoms with Gasteiger partial charge in [0.25, 0.3) is 0 Å². The number of hydrogen-bond acceptors (Lipinski definition) is 5. The van der Waals surface area contributed by atoms with E-state index in [1.54, 1.807) is 55.0 Å². The van der Waals surface area contributed by atoms with Crippen LogP contribution >= 0.6 is 0 Å². The molecule has 0 aliphatic rings. The lowest BCUT2D eigenvalue weighted by Crippen LogP contribution is -2.24. The Morgan fingerprint density at radius 2 is 1.84 bits per heavy atom. The number of nitrogens with zero attached hydrogens (tertiary/aromatic N) is 2. The first-order chi connectivity index (χ1) is 12.0. The molecule has 0 bridgehead atoms. The minimum atomic E-state index is -0.910. The standard InChI is InChI=1S/C19H18N2O4/c1-12-5-4-6-17-20-16(11-21(12)17)19(23)25-13(2)18(22)14-7-9-15(24-3)10-8-14/h4-11,13H,1-3H3/t13-/m1/s1. The lowest BCUT2D eigenvalue weighted by Gasteiger charge is -2.11. The van der Waals surface area contributed by atoms with Crippen molar-refractivity contribution in [1.82, 2.24) is 9.38 Å². The lowest BCUT2D eigenvalue weighted by atomic mass is 10.1. The topological polar surface area (TPSA) is 69.9 Å². The molecule has 128 valence electrons. The van der Waals surface area contributed by atoms with Crippen LogP contribution in [0.15, 0.2) is 48.7 Å². The number of carbonyl (C=O) groups excluding carboxylic acids is 2. The van der Waals surface area contributed by atoms with E-state index in [-0.39, 0.29) is 11.5 Å². The molecule has 6 heteroatoms. The maximum Gasteiger partial charge on any atom is 0.359 e. The SMILES string of the molecule is COc1ccc(C(=O)[C@@H](C)OC(=O)c2cn3c(C)cccc3n2)cc1. The highest BCUT2D eigenvalue weighted by Crippen LogP contribution is 2.15. The fourth-order valence-electron chi connectivity index (χ4n) is 2.51. The monoisotopic (exact) mass is 338 g/mol. The highest BCUT2D eigenvalue weighted by molar-refractivity contribution is 6.01. The van der Waals surface area contributed by atoms with Crippen molar-refractivity contribution in [3.63, 3.8) is 0 Å². The van der Waals surface area contributed by atoms with Gasteiger partial charge in [-0.15, -0.1) is 0 Å². The predicted octanol–water partition coefficient (Wildman–Crippen LogP) is 3.08. The fourth-order valence-corrected chi connectivity index (χ4v) is 2.51. The van der Waals surface area contributed by atoms with Crippen LogP contribution in [0, 0.1) is 6.92 Å². The Labute approximate surface area is 145 Å². The van der Waals surface area contributed by atoms with Gasteiger partial charge >= 0.3 is 5.97 Å². The maximum atomic E-state index is 12.4. The van der Waals surface area contributed by atoms with Crippen molar-refractivity contribution < 1.29 is 19.1 Å². The molecule has 6 nitrogen and oxygen atoms in total. The third-order valence-electron chi connectivity index (χ3n) is 3.93. The number of rotatable bonds is 5. The van der Waals surface area contributed by atoms with E-state index in [4.69, 9.17) is 9.47 Å². The Hall–Kier alpha value is -3.15. The minimum absolute atomic E-state index is 0.170. The van der Waals surface area contributed by atoms with Gasteiger partial charge in [-0.3, -0.25) is 4.79 Å². The zero-order chi connectivity index (χ0) is 18.0. The summed E-state index contributed by atoms with van der Waals surface area (Å²) in [6.45, 7) is 3.46. The third-order valence-corrected chi connectivity index (χ3v) is 3.93. The smallest absolute Gasteiger partial charge is 0.359 e. The highest BCUT2D eigenvalue weighted by atomic mass is 16.5. The van der Waals surface area contributed by atoms with E-state index in [9.17, 15) is 9.59 Å². The van der Waals surface area contributed by atoms with Crippen molar-refractivity contribution in [2.24, 2.45) is 0 Å². The summed E-state index contributed by atoms with van der Waals surface area (Å²) in [6.07, 6.45) is 0.698. The number of imidazole rings is 1. The summed E-state index contributed by atoms with van der Waals surface area (Å²) in [6, 6.07) is 12.2. The van der Waals surface area contributed by atoms with Crippen LogP contribution in [0.25, 0.3) is 5.65 Å². The number of benzene rings is 1. The number of methoxy groups -OCH3 is 1. The van der Waals surface area contributed by atoms with Crippen molar-refractivity contribution in [3.8, 4) is 5.75 Å². The third kappa shape index (κ3) is 3.38. The Kier molecular flexibility index (Phi) is 4.52. The van der Waals surface area contributed by atoms with Gasteiger partial charge in [0.2, 0.25) is 5.78 Å². The number of aryl methyl sites for hydroxylation is 1. The number of Topliss-reactive ketones (excluding diaryl/α,β-unsaturated/α-hetero) is 1. The summed E-state index contributed by atoms with van der Waals surface area (Å²) >= 11 is 0. The van der Waals surface area contributed by atoms with Gasteiger partial charge in [0, 0.05) is 17.5 Å². The molecule has 0 fully saturated rings. The van der Waals surface area contributed by atoms with Gasteiger partial charge in [0.1, 0.15) is 11.4 Å². The molecule has 0 N–H and O–H groups in total. The van der Waals surface area contributed by atoms with Gasteiger partial charge in [-0.1, -0.05) is 6.07 Å². The Balaban J connectivity index is 1.74. The lowest BCUT2D eigenvalue weighted by molar-refractivity contribution is 0.0313. The number of ketones is 1. The molecule has 0 unspecified atom stereocenters. The Morgan fingerprint density at radius 1 is 1.12 bits per heavy atom. The normalized spacial score (nSPS) is 12.0. The minimum Gasteiger partial charge on any atom is -0.497 e. The molecule has 0 spiro atoms. The maximum absolute atomic E-state index is 12.4. The van der Waals surface area contributed by atoms with Crippen molar-refractivity contribution in [1.29, 1.82) is 0 Å². The van der Waals surface area contributed by atoms with E-state index in [1.165, 1.54) is 0 Å². The quantitative estimate of drug-likeness (QED) is 0.528. The second-order valence-corrected chi connectivity index (χ2v) is 5.66. The number of fused-ring (bicyclic) bond motifs is 1. The molecule has 1 atom stereocenters. The van der Waals surface area contributed by atoms with E-state index in [0.717, 1.165) is 5.69 Å². The number of aromatic nitrogens is 2. The molecule has 25 heavy (non-hydrogen) atoms. The number of hydrogen-bond donors (Lipinski definition) is 0. The Morgan fingerprint density at radius 3 is 2.48 bits per heavy atom. The van der Waals surface area contributed by atoms with Crippen LogP contribution in [0.3, 0.4) is 0 Å². The van der Waals surface area contributed by atoms with E-state index in [0.29, 0.717) is 17.0 Å². The van der Waals surface area contributed by atoms with Crippen LogP contribution in [-0.2, 0) is 4.74 Å². The van der Waals surface area contributed by atoms with Crippen LogP contribution in [0.5, 0.6) is 5.75 Å². The van der Waals surface area contributed by atoms with E-state index in [2.05, 4.69) is 4.98 Å². The second kappa shape index (κ2) is 6.76. The molecule has 0 saturated carbocycles. The first-order valence-corrected chi connectivity index (χ1v) is 7.83. The number of esters is 1. The largest absolute Gasteiger partial charge is 0.497 e. The molecule has 2 aromatic heterocycles. The summed E-state index contributed by atoms with van der Waals surface area (Å²) in [5, 5.41) is 0. The summed E-state index contributed by atoms with van der Waals surface area (Å²) in [7, 11) is 1.55. The van der Waals surface area contributed by atoms with Gasteiger partial charge in [0.05, 0.1) is 7.11 Å². The zero-order valence-corrected chi connectivity index (χ0v) is 14.2. The molecule has 0 aliphatic heterocycles. The molecule has 3 rings (SSSR count). The van der Waals surface area contributed by atoms with Crippen molar-refractivity contribution in [2.75, 3.05) is 7.11 Å². The number of carbonyl (C=O) groups is 2. The molecule has 2 heterocycles. The highest BCUT2D eigenvalue weighted by Gasteiger charge is 2.22. The summed E-state index contributed by atoms with van der Waals surface area (Å²) < 4.78 is 12.1. The summed E-state index contributed by atoms with van der Waals surface area (Å²) in [5.74, 6) is -0.255. The zero-order valence-electron chi connectivity index (χ0n) is 14.2. The molecule has 0 amide bonds. The average Bonchev–Trinajstić information content (AvgIpc) is 3.07. The van der Waals surface area contributed by atoms with Gasteiger partial charge < -0.3 is 13.9 Å². The van der Waals surface area contributed by atoms with Crippen LogP contribution in [0.1, 0.15) is 33.5 Å².